The summed E-state index contributed by atoms with van der Waals surface area (Å²) in [4.78, 5) is 0. The number of hydrogen-bond acceptors (Lipinski definition) is 6. The van der Waals surface area contributed by atoms with Gasteiger partial charge in [-0.1, -0.05) is 23.9 Å². The van der Waals surface area contributed by atoms with Crippen LogP contribution in [0, 0.1) is 6.92 Å². The van der Waals surface area contributed by atoms with Gasteiger partial charge in [0.15, 0.2) is 6.61 Å². The average Bonchev–Trinajstić information content (AvgIpc) is 2.85. The van der Waals surface area contributed by atoms with Gasteiger partial charge in [-0.3, -0.25) is 0 Å². The third-order valence-electron chi connectivity index (χ3n) is 2.33. The number of hydrogen-bond donors (Lipinski definition) is 1. The molecule has 1 heterocycles. The molecule has 19 heavy (non-hydrogen) atoms. The van der Waals surface area contributed by atoms with Crippen LogP contribution in [0.5, 0.6) is 5.75 Å². The molecule has 1 aromatic carbocycles. The van der Waals surface area contributed by atoms with Crippen molar-refractivity contribution in [1.29, 1.82) is 0 Å². The first kappa shape index (κ1) is 13.9. The summed E-state index contributed by atoms with van der Waals surface area (Å²) in [7, 11) is 0. The summed E-state index contributed by atoms with van der Waals surface area (Å²) in [5.41, 5.74) is 1.14. The predicted molar refractivity (Wildman–Crippen MR) is 72.2 cm³/mol. The average molecular weight is 280 g/mol. The fourth-order valence-electron chi connectivity index (χ4n) is 1.43. The first-order chi connectivity index (χ1) is 9.28. The second kappa shape index (κ2) is 7.16. The molecular formula is C13H16N2O3S. The highest BCUT2D eigenvalue weighted by Crippen LogP contribution is 2.18. The molecule has 2 aromatic rings. The lowest BCUT2D eigenvalue weighted by Crippen LogP contribution is -1.95. The van der Waals surface area contributed by atoms with Gasteiger partial charge in [-0.2, -0.15) is 0 Å². The van der Waals surface area contributed by atoms with Crippen LogP contribution in [0.3, 0.4) is 0 Å². The van der Waals surface area contributed by atoms with Crippen molar-refractivity contribution in [2.75, 3.05) is 12.4 Å². The minimum Gasteiger partial charge on any atom is -0.484 e. The number of benzene rings is 1. The van der Waals surface area contributed by atoms with Gasteiger partial charge in [0.05, 0.1) is 0 Å². The van der Waals surface area contributed by atoms with Gasteiger partial charge in [0.25, 0.3) is 11.1 Å². The van der Waals surface area contributed by atoms with Gasteiger partial charge in [-0.05, 0) is 31.0 Å². The van der Waals surface area contributed by atoms with Crippen molar-refractivity contribution in [2.45, 2.75) is 25.2 Å². The van der Waals surface area contributed by atoms with Crippen LogP contribution in [0.2, 0.25) is 0 Å². The quantitative estimate of drug-likeness (QED) is 0.620. The largest absolute Gasteiger partial charge is 0.484 e. The Morgan fingerprint density at radius 1 is 1.37 bits per heavy atom. The maximum atomic E-state index is 8.68. The molecule has 6 heteroatoms. The number of rotatable bonds is 7. The van der Waals surface area contributed by atoms with Gasteiger partial charge in [0.1, 0.15) is 5.75 Å². The number of nitrogens with zero attached hydrogens (tertiary/aromatic N) is 2. The highest BCUT2D eigenvalue weighted by atomic mass is 32.2. The second-order valence-electron chi connectivity index (χ2n) is 3.99. The monoisotopic (exact) mass is 280 g/mol. The van der Waals surface area contributed by atoms with Crippen molar-refractivity contribution < 1.29 is 14.3 Å². The fourth-order valence-corrected chi connectivity index (χ4v) is 2.13. The third kappa shape index (κ3) is 4.57. The molecule has 5 nitrogen and oxygen atoms in total. The molecule has 0 saturated carbocycles. The summed E-state index contributed by atoms with van der Waals surface area (Å²) in [6.07, 6.45) is 0.710. The van der Waals surface area contributed by atoms with Gasteiger partial charge in [0, 0.05) is 12.4 Å². The molecule has 0 aliphatic carbocycles. The SMILES string of the molecule is Cc1cccc(OCc2nnc(SCCCO)o2)c1. The highest BCUT2D eigenvalue weighted by Gasteiger charge is 2.07. The zero-order valence-corrected chi connectivity index (χ0v) is 11.5. The third-order valence-corrected chi connectivity index (χ3v) is 3.23. The summed E-state index contributed by atoms with van der Waals surface area (Å²) in [6, 6.07) is 7.79. The Morgan fingerprint density at radius 2 is 2.26 bits per heavy atom. The van der Waals surface area contributed by atoms with Gasteiger partial charge in [-0.25, -0.2) is 0 Å². The number of ether oxygens (including phenoxy) is 1. The van der Waals surface area contributed by atoms with E-state index < -0.39 is 0 Å². The van der Waals surface area contributed by atoms with Crippen LogP contribution >= 0.6 is 11.8 Å². The molecule has 0 atom stereocenters. The highest BCUT2D eigenvalue weighted by molar-refractivity contribution is 7.99. The van der Waals surface area contributed by atoms with E-state index in [1.54, 1.807) is 0 Å². The molecule has 102 valence electrons. The molecule has 0 bridgehead atoms. The van der Waals surface area contributed by atoms with Gasteiger partial charge >= 0.3 is 0 Å². The number of thioether (sulfide) groups is 1. The zero-order valence-electron chi connectivity index (χ0n) is 10.7. The van der Waals surface area contributed by atoms with E-state index in [0.717, 1.165) is 17.1 Å². The molecule has 0 spiro atoms. The zero-order chi connectivity index (χ0) is 13.5. The number of aromatic nitrogens is 2. The van der Waals surface area contributed by atoms with Crippen LogP contribution in [0.4, 0.5) is 0 Å². The van der Waals surface area contributed by atoms with Crippen LogP contribution in [0.15, 0.2) is 33.9 Å². The minimum absolute atomic E-state index is 0.171. The fraction of sp³-hybridized carbons (Fsp3) is 0.385. The molecule has 0 amide bonds. The minimum atomic E-state index is 0.171. The maximum absolute atomic E-state index is 8.68. The van der Waals surface area contributed by atoms with Crippen LogP contribution in [-0.4, -0.2) is 27.7 Å². The van der Waals surface area contributed by atoms with E-state index in [2.05, 4.69) is 10.2 Å². The van der Waals surface area contributed by atoms with Crippen molar-refractivity contribution in [3.8, 4) is 5.75 Å². The van der Waals surface area contributed by atoms with Crippen LogP contribution in [0.1, 0.15) is 17.9 Å². The Kier molecular flexibility index (Phi) is 5.23. The van der Waals surface area contributed by atoms with E-state index in [0.29, 0.717) is 17.5 Å². The molecule has 0 aliphatic rings. The molecule has 1 aromatic heterocycles. The summed E-state index contributed by atoms with van der Waals surface area (Å²) < 4.78 is 11.0. The van der Waals surface area contributed by atoms with E-state index in [1.165, 1.54) is 11.8 Å². The normalized spacial score (nSPS) is 10.6. The smallest absolute Gasteiger partial charge is 0.276 e. The molecule has 2 rings (SSSR count). The lowest BCUT2D eigenvalue weighted by molar-refractivity contribution is 0.252. The van der Waals surface area contributed by atoms with Crippen molar-refractivity contribution in [2.24, 2.45) is 0 Å². The van der Waals surface area contributed by atoms with Crippen LogP contribution in [0.25, 0.3) is 0 Å². The van der Waals surface area contributed by atoms with Crippen LogP contribution < -0.4 is 4.74 Å². The molecule has 1 N–H and O–H groups in total. The van der Waals surface area contributed by atoms with Gasteiger partial charge < -0.3 is 14.3 Å². The maximum Gasteiger partial charge on any atom is 0.276 e. The van der Waals surface area contributed by atoms with E-state index in [1.807, 2.05) is 31.2 Å². The van der Waals surface area contributed by atoms with Crippen LogP contribution in [-0.2, 0) is 6.61 Å². The lowest BCUT2D eigenvalue weighted by Gasteiger charge is -2.03. The Labute approximate surface area is 116 Å². The molecule has 0 aliphatic heterocycles. The number of aliphatic hydroxyl groups excluding tert-OH is 1. The molecule has 0 saturated heterocycles. The molecule has 0 fully saturated rings. The number of aryl methyl sites for hydroxylation is 1. The Hall–Kier alpha value is -1.53. The van der Waals surface area contributed by atoms with E-state index >= 15 is 0 Å². The summed E-state index contributed by atoms with van der Waals surface area (Å²) >= 11 is 1.43. The Bertz CT molecular complexity index is 516. The predicted octanol–water partition coefficient (Wildman–Crippen LogP) is 2.43. The topological polar surface area (TPSA) is 68.4 Å². The van der Waals surface area contributed by atoms with Gasteiger partial charge in [-0.15, -0.1) is 10.2 Å². The van der Waals surface area contributed by atoms with Crippen molar-refractivity contribution in [3.63, 3.8) is 0 Å². The lowest BCUT2D eigenvalue weighted by atomic mass is 10.2. The summed E-state index contributed by atoms with van der Waals surface area (Å²) in [5, 5.41) is 17.0. The van der Waals surface area contributed by atoms with Gasteiger partial charge in [0.2, 0.25) is 0 Å². The molecular weight excluding hydrogens is 264 g/mol. The standard InChI is InChI=1S/C13H16N2O3S/c1-10-4-2-5-11(8-10)17-9-12-14-15-13(18-12)19-7-3-6-16/h2,4-5,8,16H,3,6-7,9H2,1H3. The summed E-state index contributed by atoms with van der Waals surface area (Å²) in [6.45, 7) is 2.44. The van der Waals surface area contributed by atoms with E-state index in [-0.39, 0.29) is 13.2 Å². The second-order valence-corrected chi connectivity index (χ2v) is 5.04. The van der Waals surface area contributed by atoms with Crippen molar-refractivity contribution in [1.82, 2.24) is 10.2 Å². The first-order valence-electron chi connectivity index (χ1n) is 6.03. The Balaban J connectivity index is 1.83. The van der Waals surface area contributed by atoms with Crippen molar-refractivity contribution in [3.05, 3.63) is 35.7 Å². The molecule has 0 unspecified atom stereocenters. The van der Waals surface area contributed by atoms with Crippen molar-refractivity contribution >= 4 is 11.8 Å². The molecule has 0 radical (unpaired) electrons. The number of aliphatic hydroxyl groups is 1. The van der Waals surface area contributed by atoms with E-state index in [4.69, 9.17) is 14.3 Å². The first-order valence-corrected chi connectivity index (χ1v) is 7.02. The Morgan fingerprint density at radius 3 is 3.05 bits per heavy atom. The van der Waals surface area contributed by atoms with E-state index in [9.17, 15) is 0 Å². The summed E-state index contributed by atoms with van der Waals surface area (Å²) in [5.74, 6) is 2.00.